The summed E-state index contributed by atoms with van der Waals surface area (Å²) < 4.78 is 5.60. The van der Waals surface area contributed by atoms with Gasteiger partial charge in [0.1, 0.15) is 6.04 Å². The van der Waals surface area contributed by atoms with Crippen molar-refractivity contribution < 1.29 is 19.4 Å². The van der Waals surface area contributed by atoms with Gasteiger partial charge in [0, 0.05) is 18.1 Å². The average molecular weight is 286 g/mol. The summed E-state index contributed by atoms with van der Waals surface area (Å²) in [5.41, 5.74) is -0.128. The van der Waals surface area contributed by atoms with E-state index in [2.05, 4.69) is 10.6 Å². The molecule has 0 aromatic rings. The number of aliphatic carboxylic acids is 1. The maximum atomic E-state index is 11.9. The third-order valence-corrected chi connectivity index (χ3v) is 4.03. The molecular formula is C14H26N2O4. The molecule has 1 rings (SSSR count). The fraction of sp³-hybridized carbons (Fsp3) is 0.857. The number of carbonyl (C=O) groups is 2. The first-order valence-corrected chi connectivity index (χ1v) is 7.24. The van der Waals surface area contributed by atoms with Crippen molar-refractivity contribution in [1.29, 1.82) is 0 Å². The Labute approximate surface area is 120 Å². The lowest BCUT2D eigenvalue weighted by Gasteiger charge is -2.51. The zero-order valence-electron chi connectivity index (χ0n) is 12.7. The van der Waals surface area contributed by atoms with E-state index in [0.717, 1.165) is 6.42 Å². The van der Waals surface area contributed by atoms with Gasteiger partial charge in [-0.3, -0.25) is 0 Å². The number of ether oxygens (including phenoxy) is 1. The first-order valence-electron chi connectivity index (χ1n) is 7.24. The Morgan fingerprint density at radius 2 is 2.05 bits per heavy atom. The predicted octanol–water partition coefficient (Wildman–Crippen LogP) is 1.74. The van der Waals surface area contributed by atoms with E-state index in [0.29, 0.717) is 19.4 Å². The van der Waals surface area contributed by atoms with Gasteiger partial charge in [-0.1, -0.05) is 27.2 Å². The number of urea groups is 1. The maximum Gasteiger partial charge on any atom is 0.326 e. The molecule has 1 saturated carbocycles. The molecule has 6 heteroatoms. The van der Waals surface area contributed by atoms with Crippen molar-refractivity contribution in [2.24, 2.45) is 5.41 Å². The van der Waals surface area contributed by atoms with Gasteiger partial charge in [0.05, 0.1) is 6.10 Å². The molecule has 1 fully saturated rings. The van der Waals surface area contributed by atoms with E-state index in [1.807, 2.05) is 27.7 Å². The lowest BCUT2D eigenvalue weighted by molar-refractivity contribution is -0.139. The fourth-order valence-corrected chi connectivity index (χ4v) is 2.52. The van der Waals surface area contributed by atoms with E-state index in [1.54, 1.807) is 0 Å². The van der Waals surface area contributed by atoms with Gasteiger partial charge in [0.2, 0.25) is 0 Å². The highest BCUT2D eigenvalue weighted by molar-refractivity contribution is 5.82. The number of carboxylic acid groups (broad SMARTS) is 1. The van der Waals surface area contributed by atoms with E-state index in [-0.39, 0.29) is 17.6 Å². The lowest BCUT2D eigenvalue weighted by atomic mass is 9.64. The normalized spacial score (nSPS) is 25.4. The number of amides is 2. The molecule has 0 bridgehead atoms. The third kappa shape index (κ3) is 3.85. The lowest BCUT2D eigenvalue weighted by Crippen LogP contribution is -2.64. The van der Waals surface area contributed by atoms with Crippen molar-refractivity contribution in [2.75, 3.05) is 6.61 Å². The van der Waals surface area contributed by atoms with E-state index in [1.165, 1.54) is 0 Å². The molecule has 116 valence electrons. The van der Waals surface area contributed by atoms with Gasteiger partial charge < -0.3 is 20.5 Å². The Hall–Kier alpha value is -1.30. The summed E-state index contributed by atoms with van der Waals surface area (Å²) in [7, 11) is 0. The average Bonchev–Trinajstić information content (AvgIpc) is 2.37. The van der Waals surface area contributed by atoms with Crippen molar-refractivity contribution in [3.63, 3.8) is 0 Å². The summed E-state index contributed by atoms with van der Waals surface area (Å²) in [6.07, 6.45) is 2.04. The first kappa shape index (κ1) is 16.8. The smallest absolute Gasteiger partial charge is 0.326 e. The molecule has 3 atom stereocenters. The van der Waals surface area contributed by atoms with Gasteiger partial charge >= 0.3 is 12.0 Å². The number of carboxylic acids is 1. The molecule has 2 amide bonds. The molecule has 0 aliphatic heterocycles. The quantitative estimate of drug-likeness (QED) is 0.665. The minimum absolute atomic E-state index is 0.00937. The topological polar surface area (TPSA) is 87.7 Å². The zero-order valence-corrected chi connectivity index (χ0v) is 12.7. The van der Waals surface area contributed by atoms with E-state index in [4.69, 9.17) is 9.84 Å². The van der Waals surface area contributed by atoms with Crippen molar-refractivity contribution in [3.8, 4) is 0 Å². The Morgan fingerprint density at radius 1 is 1.40 bits per heavy atom. The summed E-state index contributed by atoms with van der Waals surface area (Å²) in [6, 6.07) is -1.24. The fourth-order valence-electron chi connectivity index (χ4n) is 2.52. The van der Waals surface area contributed by atoms with Crippen LogP contribution >= 0.6 is 0 Å². The molecule has 3 N–H and O–H groups in total. The molecule has 2 unspecified atom stereocenters. The maximum absolute atomic E-state index is 11.9. The molecule has 0 heterocycles. The molecule has 0 spiro atoms. The highest BCUT2D eigenvalue weighted by Crippen LogP contribution is 2.42. The second-order valence-electron chi connectivity index (χ2n) is 5.85. The summed E-state index contributed by atoms with van der Waals surface area (Å²) in [4.78, 5) is 22.9. The van der Waals surface area contributed by atoms with Gasteiger partial charge in [-0.05, 0) is 19.8 Å². The van der Waals surface area contributed by atoms with Crippen molar-refractivity contribution in [1.82, 2.24) is 10.6 Å². The highest BCUT2D eigenvalue weighted by atomic mass is 16.5. The van der Waals surface area contributed by atoms with Crippen LogP contribution in [-0.4, -0.2) is 41.9 Å². The third-order valence-electron chi connectivity index (χ3n) is 4.03. The Bertz CT molecular complexity index is 357. The largest absolute Gasteiger partial charge is 0.480 e. The van der Waals surface area contributed by atoms with Crippen LogP contribution in [0.5, 0.6) is 0 Å². The predicted molar refractivity (Wildman–Crippen MR) is 75.6 cm³/mol. The highest BCUT2D eigenvalue weighted by Gasteiger charge is 2.49. The number of nitrogens with one attached hydrogen (secondary N) is 2. The van der Waals surface area contributed by atoms with Crippen LogP contribution in [0, 0.1) is 5.41 Å². The van der Waals surface area contributed by atoms with Crippen LogP contribution in [0.1, 0.15) is 47.0 Å². The zero-order chi connectivity index (χ0) is 15.3. The van der Waals surface area contributed by atoms with E-state index < -0.39 is 18.0 Å². The van der Waals surface area contributed by atoms with Crippen LogP contribution in [0.15, 0.2) is 0 Å². The molecule has 1 aliphatic rings. The van der Waals surface area contributed by atoms with Crippen LogP contribution in [0.3, 0.4) is 0 Å². The Balaban J connectivity index is 2.45. The molecule has 0 aromatic carbocycles. The second-order valence-corrected chi connectivity index (χ2v) is 5.85. The molecule has 6 nitrogen and oxygen atoms in total. The van der Waals surface area contributed by atoms with Gasteiger partial charge in [-0.15, -0.1) is 0 Å². The van der Waals surface area contributed by atoms with Gasteiger partial charge in [-0.25, -0.2) is 9.59 Å². The van der Waals surface area contributed by atoms with Crippen LogP contribution in [0.25, 0.3) is 0 Å². The van der Waals surface area contributed by atoms with Crippen molar-refractivity contribution in [2.45, 2.75) is 65.1 Å². The molecular weight excluding hydrogens is 260 g/mol. The molecule has 0 aromatic heterocycles. The van der Waals surface area contributed by atoms with Crippen LogP contribution < -0.4 is 10.6 Å². The SMILES string of the molecule is CCC[C@H](NC(=O)NC1CC(OCC)C1(C)C)C(=O)O. The first-order chi connectivity index (χ1) is 9.32. The summed E-state index contributed by atoms with van der Waals surface area (Å²) in [5, 5.41) is 14.4. The van der Waals surface area contributed by atoms with Crippen LogP contribution in [0.4, 0.5) is 4.79 Å². The Morgan fingerprint density at radius 3 is 2.50 bits per heavy atom. The monoisotopic (exact) mass is 286 g/mol. The minimum Gasteiger partial charge on any atom is -0.480 e. The number of hydrogen-bond acceptors (Lipinski definition) is 3. The molecule has 20 heavy (non-hydrogen) atoms. The molecule has 0 radical (unpaired) electrons. The summed E-state index contributed by atoms with van der Waals surface area (Å²) in [6.45, 7) is 8.58. The van der Waals surface area contributed by atoms with Crippen molar-refractivity contribution >= 4 is 12.0 Å². The standard InChI is InChI=1S/C14H26N2O4/c1-5-7-9(12(17)18)15-13(19)16-10-8-11(20-6-2)14(10,3)4/h9-11H,5-8H2,1-4H3,(H,17,18)(H2,15,16,19)/t9-,10?,11?/m0/s1. The van der Waals surface area contributed by atoms with E-state index >= 15 is 0 Å². The number of carbonyl (C=O) groups excluding carboxylic acids is 1. The summed E-state index contributed by atoms with van der Waals surface area (Å²) in [5.74, 6) is -0.998. The molecule has 1 aliphatic carbocycles. The van der Waals surface area contributed by atoms with Gasteiger partial charge in [-0.2, -0.15) is 0 Å². The van der Waals surface area contributed by atoms with Crippen LogP contribution in [0.2, 0.25) is 0 Å². The van der Waals surface area contributed by atoms with E-state index in [9.17, 15) is 9.59 Å². The number of rotatable bonds is 7. The van der Waals surface area contributed by atoms with Gasteiger partial charge in [0.25, 0.3) is 0 Å². The number of hydrogen-bond donors (Lipinski definition) is 3. The van der Waals surface area contributed by atoms with Crippen molar-refractivity contribution in [3.05, 3.63) is 0 Å². The second kappa shape index (κ2) is 6.92. The minimum atomic E-state index is -0.998. The van der Waals surface area contributed by atoms with Gasteiger partial charge in [0.15, 0.2) is 0 Å². The van der Waals surface area contributed by atoms with Crippen LogP contribution in [-0.2, 0) is 9.53 Å². The molecule has 0 saturated heterocycles. The Kier molecular flexibility index (Phi) is 5.80. The summed E-state index contributed by atoms with van der Waals surface area (Å²) >= 11 is 0.